The van der Waals surface area contributed by atoms with Crippen LogP contribution in [0.3, 0.4) is 0 Å². The Bertz CT molecular complexity index is 673. The van der Waals surface area contributed by atoms with E-state index in [0.717, 1.165) is 0 Å². The van der Waals surface area contributed by atoms with E-state index in [1.165, 1.54) is 21.6 Å². The van der Waals surface area contributed by atoms with Gasteiger partial charge in [0.2, 0.25) is 0 Å². The predicted molar refractivity (Wildman–Crippen MR) is 68.0 cm³/mol. The molecule has 4 nitrogen and oxygen atoms in total. The summed E-state index contributed by atoms with van der Waals surface area (Å²) in [5, 5.41) is 2.69. The van der Waals surface area contributed by atoms with Crippen molar-refractivity contribution >= 4 is 22.0 Å². The second kappa shape index (κ2) is 9.56. The molecular weight excluding hydrogens is 298 g/mol. The SMILES string of the molecule is C=C1C=c2ccccc2=C(C)C1C.O=S(=O)([O-])[O-].[Na+].[Na+]. The number of benzene rings is 1. The maximum Gasteiger partial charge on any atom is 1.00 e. The fourth-order valence-corrected chi connectivity index (χ4v) is 1.82. The van der Waals surface area contributed by atoms with Crippen LogP contribution in [0.4, 0.5) is 0 Å². The summed E-state index contributed by atoms with van der Waals surface area (Å²) >= 11 is 0. The van der Waals surface area contributed by atoms with Crippen LogP contribution in [-0.2, 0) is 10.4 Å². The molecule has 0 aromatic heterocycles. The molecule has 1 unspecified atom stereocenters. The first-order valence-electron chi connectivity index (χ1n) is 5.33. The van der Waals surface area contributed by atoms with Gasteiger partial charge in [-0.15, -0.1) is 0 Å². The molecule has 0 N–H and O–H groups in total. The molecule has 1 aromatic rings. The van der Waals surface area contributed by atoms with Crippen LogP contribution in [0.25, 0.3) is 11.6 Å². The van der Waals surface area contributed by atoms with Gasteiger partial charge in [-0.2, -0.15) is 0 Å². The van der Waals surface area contributed by atoms with Gasteiger partial charge in [0, 0.05) is 16.3 Å². The molecule has 0 spiro atoms. The van der Waals surface area contributed by atoms with E-state index in [0.29, 0.717) is 5.92 Å². The van der Waals surface area contributed by atoms with E-state index in [-0.39, 0.29) is 59.1 Å². The summed E-state index contributed by atoms with van der Waals surface area (Å²) in [4.78, 5) is 0. The third kappa shape index (κ3) is 7.54. The molecule has 0 radical (unpaired) electrons. The zero-order valence-electron chi connectivity index (χ0n) is 12.2. The zero-order chi connectivity index (χ0) is 13.9. The third-order valence-corrected chi connectivity index (χ3v) is 2.93. The van der Waals surface area contributed by atoms with Crippen molar-refractivity contribution in [2.45, 2.75) is 13.8 Å². The van der Waals surface area contributed by atoms with E-state index in [1.54, 1.807) is 0 Å². The van der Waals surface area contributed by atoms with Crippen LogP contribution < -0.4 is 69.6 Å². The average Bonchev–Trinajstić information content (AvgIpc) is 2.24. The van der Waals surface area contributed by atoms with Crippen LogP contribution in [0.15, 0.2) is 36.4 Å². The van der Waals surface area contributed by atoms with Crippen LogP contribution >= 0.6 is 0 Å². The number of hydrogen-bond donors (Lipinski definition) is 0. The van der Waals surface area contributed by atoms with E-state index < -0.39 is 10.4 Å². The summed E-state index contributed by atoms with van der Waals surface area (Å²) in [7, 11) is -5.17. The largest absolute Gasteiger partial charge is 1.00 e. The van der Waals surface area contributed by atoms with E-state index in [2.05, 4.69) is 50.8 Å². The molecule has 98 valence electrons. The molecule has 1 aromatic carbocycles. The molecule has 0 saturated heterocycles. The van der Waals surface area contributed by atoms with Crippen LogP contribution in [0.5, 0.6) is 0 Å². The van der Waals surface area contributed by atoms with Crippen molar-refractivity contribution in [3.63, 3.8) is 0 Å². The summed E-state index contributed by atoms with van der Waals surface area (Å²) in [6.07, 6.45) is 2.19. The van der Waals surface area contributed by atoms with Gasteiger partial charge in [-0.3, -0.25) is 8.42 Å². The molecule has 0 heterocycles. The van der Waals surface area contributed by atoms with Gasteiger partial charge in [-0.05, 0) is 22.9 Å². The fraction of sp³-hybridized carbons (Fsp3) is 0.231. The zero-order valence-corrected chi connectivity index (χ0v) is 17.0. The van der Waals surface area contributed by atoms with Crippen molar-refractivity contribution in [3.8, 4) is 0 Å². The first-order valence-corrected chi connectivity index (χ1v) is 6.66. The average molecular weight is 312 g/mol. The number of allylic oxidation sites excluding steroid dienone is 1. The van der Waals surface area contributed by atoms with Gasteiger partial charge in [-0.1, -0.05) is 49.4 Å². The number of rotatable bonds is 0. The number of fused-ring (bicyclic) bond motifs is 1. The Morgan fingerprint density at radius 2 is 1.60 bits per heavy atom. The van der Waals surface area contributed by atoms with E-state index >= 15 is 0 Å². The topological polar surface area (TPSA) is 80.3 Å². The van der Waals surface area contributed by atoms with Crippen LogP contribution in [0.2, 0.25) is 0 Å². The monoisotopic (exact) mass is 312 g/mol. The number of hydrogen-bond acceptors (Lipinski definition) is 4. The summed E-state index contributed by atoms with van der Waals surface area (Å²) in [5.74, 6) is 0.495. The van der Waals surface area contributed by atoms with Gasteiger partial charge in [0.05, 0.1) is 0 Å². The maximum absolute atomic E-state index is 8.52. The second-order valence-corrected chi connectivity index (χ2v) is 4.94. The predicted octanol–water partition coefficient (Wildman–Crippen LogP) is -5.49. The maximum atomic E-state index is 8.52. The van der Waals surface area contributed by atoms with Crippen molar-refractivity contribution in [1.82, 2.24) is 0 Å². The van der Waals surface area contributed by atoms with Crippen LogP contribution in [0.1, 0.15) is 13.8 Å². The van der Waals surface area contributed by atoms with Gasteiger partial charge in [0.25, 0.3) is 0 Å². The Kier molecular flexibility index (Phi) is 10.9. The normalized spacial score (nSPS) is 16.5. The molecular formula is C13H14Na2O4S. The molecule has 20 heavy (non-hydrogen) atoms. The minimum Gasteiger partial charge on any atom is -0.759 e. The fourth-order valence-electron chi connectivity index (χ4n) is 1.82. The van der Waals surface area contributed by atoms with Crippen molar-refractivity contribution < 1.29 is 76.6 Å². The van der Waals surface area contributed by atoms with E-state index in [9.17, 15) is 0 Å². The Labute approximate surface area is 163 Å². The quantitative estimate of drug-likeness (QED) is 0.272. The Morgan fingerprint density at radius 3 is 2.10 bits per heavy atom. The van der Waals surface area contributed by atoms with Gasteiger partial charge in [-0.25, -0.2) is 0 Å². The Hall–Kier alpha value is 0.570. The minimum atomic E-state index is -5.17. The first kappa shape index (κ1) is 22.8. The Balaban J connectivity index is 0. The molecule has 0 bridgehead atoms. The minimum absolute atomic E-state index is 0. The second-order valence-electron chi connectivity index (χ2n) is 4.12. The molecule has 0 amide bonds. The van der Waals surface area contributed by atoms with Crippen molar-refractivity contribution in [2.24, 2.45) is 5.92 Å². The smallest absolute Gasteiger partial charge is 0.759 e. The van der Waals surface area contributed by atoms with Crippen molar-refractivity contribution in [2.75, 3.05) is 0 Å². The van der Waals surface area contributed by atoms with Crippen LogP contribution in [-0.4, -0.2) is 17.5 Å². The molecule has 7 heteroatoms. The molecule has 2 rings (SSSR count). The van der Waals surface area contributed by atoms with Crippen LogP contribution in [0, 0.1) is 5.92 Å². The molecule has 0 aliphatic heterocycles. The van der Waals surface area contributed by atoms with Gasteiger partial charge in [0.15, 0.2) is 0 Å². The summed E-state index contributed by atoms with van der Waals surface area (Å²) in [6.45, 7) is 8.48. The summed E-state index contributed by atoms with van der Waals surface area (Å²) in [6, 6.07) is 8.50. The Morgan fingerprint density at radius 1 is 1.15 bits per heavy atom. The molecule has 1 aliphatic carbocycles. The molecule has 0 fully saturated rings. The van der Waals surface area contributed by atoms with Crippen molar-refractivity contribution in [3.05, 3.63) is 46.9 Å². The van der Waals surface area contributed by atoms with Gasteiger partial charge >= 0.3 is 59.1 Å². The summed E-state index contributed by atoms with van der Waals surface area (Å²) in [5.41, 5.74) is 2.65. The molecule has 1 atom stereocenters. The standard InChI is InChI=1S/C13H14.2Na.H2O4S/c1-9-8-12-6-4-5-7-13(12)11(3)10(9)2;;;1-5(2,3)4/h4-8,10H,1H2,2-3H3;;;(H2,1,2,3,4)/q;2*+1;/p-2. The van der Waals surface area contributed by atoms with Gasteiger partial charge in [0.1, 0.15) is 0 Å². The van der Waals surface area contributed by atoms with E-state index in [1.807, 2.05) is 0 Å². The molecule has 0 saturated carbocycles. The van der Waals surface area contributed by atoms with E-state index in [4.69, 9.17) is 17.5 Å². The third-order valence-electron chi connectivity index (χ3n) is 2.93. The van der Waals surface area contributed by atoms with Gasteiger partial charge < -0.3 is 9.11 Å². The molecule has 1 aliphatic rings. The summed E-state index contributed by atoms with van der Waals surface area (Å²) < 4.78 is 34.1. The first-order chi connectivity index (χ1) is 8.20. The van der Waals surface area contributed by atoms with Crippen molar-refractivity contribution in [1.29, 1.82) is 0 Å².